The zero-order valence-electron chi connectivity index (χ0n) is 19.2. The molecule has 0 amide bonds. The summed E-state index contributed by atoms with van der Waals surface area (Å²) in [7, 11) is 0. The molecule has 14 heteroatoms. The van der Waals surface area contributed by atoms with Gasteiger partial charge in [0.1, 0.15) is 24.5 Å². The van der Waals surface area contributed by atoms with Crippen molar-refractivity contribution >= 4 is 33.1 Å². The number of quaternary nitrogens is 1. The average Bonchev–Trinajstić information content (AvgIpc) is 3.37. The molecule has 2 N–H and O–H groups in total. The molecule has 2 aliphatic rings. The fraction of sp³-hybridized carbons (Fsp3) is 0.571. The number of hydroxylamine groups is 2. The fourth-order valence-electron chi connectivity index (χ4n) is 4.58. The van der Waals surface area contributed by atoms with Crippen LogP contribution in [0.3, 0.4) is 0 Å². The number of aliphatic hydroxyl groups excluding tert-OH is 1. The van der Waals surface area contributed by atoms with Crippen LogP contribution in [0.25, 0.3) is 0 Å². The van der Waals surface area contributed by atoms with E-state index in [0.717, 1.165) is 0 Å². The van der Waals surface area contributed by atoms with Crippen molar-refractivity contribution in [2.45, 2.75) is 25.2 Å². The van der Waals surface area contributed by atoms with Crippen LogP contribution in [0.4, 0.5) is 21.6 Å². The van der Waals surface area contributed by atoms with Gasteiger partial charge in [0.05, 0.1) is 24.4 Å². The SMILES string of the molecule is CC(O)(CN1CCN(c2ccc([N+]3([O-])COC(CO)C3)cc2F)CC1)Cn1cc([N+](=O)[O-])nc1Br. The number of ether oxygens (including phenoxy) is 1. The van der Waals surface area contributed by atoms with E-state index in [2.05, 4.69) is 25.8 Å². The molecule has 0 radical (unpaired) electrons. The molecular weight excluding hydrogens is 531 g/mol. The topological polar surface area (TPSA) is 140 Å². The molecule has 2 aromatic rings. The number of anilines is 1. The van der Waals surface area contributed by atoms with Crippen LogP contribution >= 0.6 is 15.9 Å². The molecule has 0 spiro atoms. The second kappa shape index (κ2) is 10.0. The number of benzene rings is 1. The molecule has 0 saturated carbocycles. The largest absolute Gasteiger partial charge is 0.626 e. The minimum atomic E-state index is -1.18. The molecule has 1 aromatic heterocycles. The summed E-state index contributed by atoms with van der Waals surface area (Å²) in [6.45, 7) is 3.93. The maximum absolute atomic E-state index is 14.9. The van der Waals surface area contributed by atoms with Crippen LogP contribution < -0.4 is 9.55 Å². The van der Waals surface area contributed by atoms with Gasteiger partial charge in [0.15, 0.2) is 12.5 Å². The lowest BCUT2D eigenvalue weighted by molar-refractivity contribution is -0.389. The molecular formula is C21H28BrFN6O6. The van der Waals surface area contributed by atoms with Gasteiger partial charge in [-0.2, -0.15) is 0 Å². The van der Waals surface area contributed by atoms with Gasteiger partial charge in [-0.05, 0) is 22.9 Å². The molecule has 35 heavy (non-hydrogen) atoms. The second-order valence-electron chi connectivity index (χ2n) is 9.32. The Balaban J connectivity index is 1.34. The van der Waals surface area contributed by atoms with E-state index in [-0.39, 0.29) is 42.7 Å². The number of hydrogen-bond donors (Lipinski definition) is 2. The predicted molar refractivity (Wildman–Crippen MR) is 129 cm³/mol. The number of aliphatic hydroxyl groups is 2. The van der Waals surface area contributed by atoms with Crippen LogP contribution in [0.5, 0.6) is 0 Å². The van der Waals surface area contributed by atoms with Gasteiger partial charge in [-0.3, -0.25) is 9.47 Å². The van der Waals surface area contributed by atoms with Crippen molar-refractivity contribution in [2.24, 2.45) is 0 Å². The molecule has 2 saturated heterocycles. The number of aromatic nitrogens is 2. The van der Waals surface area contributed by atoms with Crippen LogP contribution in [0.1, 0.15) is 6.92 Å². The van der Waals surface area contributed by atoms with Crippen molar-refractivity contribution < 1.29 is 24.3 Å². The third-order valence-electron chi connectivity index (χ3n) is 6.31. The Morgan fingerprint density at radius 1 is 1.34 bits per heavy atom. The number of β-amino-alcohol motifs (C(OH)–C–C–N with tert-alkyl or cyclic N) is 1. The molecule has 3 atom stereocenters. The second-order valence-corrected chi connectivity index (χ2v) is 10.0. The Morgan fingerprint density at radius 2 is 2.06 bits per heavy atom. The van der Waals surface area contributed by atoms with E-state index >= 15 is 0 Å². The highest BCUT2D eigenvalue weighted by Crippen LogP contribution is 2.32. The van der Waals surface area contributed by atoms with E-state index < -0.39 is 27.1 Å². The molecule has 0 bridgehead atoms. The lowest BCUT2D eigenvalue weighted by atomic mass is 10.1. The molecule has 12 nitrogen and oxygen atoms in total. The Bertz CT molecular complexity index is 1080. The number of halogens is 2. The minimum absolute atomic E-state index is 0.0386. The summed E-state index contributed by atoms with van der Waals surface area (Å²) in [5.41, 5.74) is -0.523. The van der Waals surface area contributed by atoms with Gasteiger partial charge in [0.2, 0.25) is 0 Å². The molecule has 2 aliphatic heterocycles. The van der Waals surface area contributed by atoms with Gasteiger partial charge in [0.25, 0.3) is 4.73 Å². The molecule has 2 fully saturated rings. The van der Waals surface area contributed by atoms with Crippen LogP contribution in [-0.4, -0.2) is 93.9 Å². The Labute approximate surface area is 209 Å². The van der Waals surface area contributed by atoms with Gasteiger partial charge < -0.3 is 39.8 Å². The number of rotatable bonds is 8. The summed E-state index contributed by atoms with van der Waals surface area (Å²) in [5.74, 6) is -0.792. The maximum atomic E-state index is 14.9. The lowest BCUT2D eigenvalue weighted by Crippen LogP contribution is -2.52. The lowest BCUT2D eigenvalue weighted by Gasteiger charge is -2.40. The quantitative estimate of drug-likeness (QED) is 0.213. The summed E-state index contributed by atoms with van der Waals surface area (Å²) in [6, 6.07) is 4.45. The van der Waals surface area contributed by atoms with E-state index in [9.17, 15) is 29.9 Å². The van der Waals surface area contributed by atoms with Crippen molar-refractivity contribution in [3.05, 3.63) is 50.3 Å². The zero-order chi connectivity index (χ0) is 25.4. The Morgan fingerprint density at radius 3 is 2.63 bits per heavy atom. The van der Waals surface area contributed by atoms with E-state index in [1.165, 1.54) is 16.8 Å². The van der Waals surface area contributed by atoms with Crippen LogP contribution in [0.15, 0.2) is 29.1 Å². The van der Waals surface area contributed by atoms with Crippen LogP contribution in [0.2, 0.25) is 0 Å². The normalized spacial score (nSPS) is 25.1. The first-order valence-electron chi connectivity index (χ1n) is 11.2. The highest BCUT2D eigenvalue weighted by atomic mass is 79.9. The van der Waals surface area contributed by atoms with E-state index in [0.29, 0.717) is 38.4 Å². The first-order valence-corrected chi connectivity index (χ1v) is 12.0. The zero-order valence-corrected chi connectivity index (χ0v) is 20.8. The van der Waals surface area contributed by atoms with Gasteiger partial charge in [-0.1, -0.05) is 0 Å². The third-order valence-corrected chi connectivity index (χ3v) is 6.95. The summed E-state index contributed by atoms with van der Waals surface area (Å²) >= 11 is 3.18. The van der Waals surface area contributed by atoms with Gasteiger partial charge in [0, 0.05) is 60.8 Å². The molecule has 0 aliphatic carbocycles. The number of piperazine rings is 1. The smallest absolute Gasteiger partial charge is 0.382 e. The van der Waals surface area contributed by atoms with Crippen molar-refractivity contribution in [3.8, 4) is 0 Å². The minimum Gasteiger partial charge on any atom is -0.626 e. The van der Waals surface area contributed by atoms with E-state index in [1.807, 2.05) is 4.90 Å². The maximum Gasteiger partial charge on any atom is 0.382 e. The summed E-state index contributed by atoms with van der Waals surface area (Å²) < 4.78 is 21.2. The fourth-order valence-corrected chi connectivity index (χ4v) is 4.99. The summed E-state index contributed by atoms with van der Waals surface area (Å²) in [4.78, 5) is 18.1. The standard InChI is InChI=1S/C21H28BrFN6O6/c1-21(31,13-27-9-19(28(32)33)24-20(27)22)12-25-4-6-26(7-5-25)18-3-2-15(8-17(18)23)29(34)10-16(11-30)35-14-29/h2-3,8-9,16,30-31H,4-7,10-14H2,1H3. The number of imidazole rings is 1. The molecule has 192 valence electrons. The molecule has 3 heterocycles. The summed E-state index contributed by atoms with van der Waals surface area (Å²) in [6.07, 6.45) is 0.723. The Hall–Kier alpha value is -2.20. The number of nitrogens with zero attached hydrogens (tertiary/aromatic N) is 6. The highest BCUT2D eigenvalue weighted by Gasteiger charge is 2.35. The average molecular weight is 559 g/mol. The third kappa shape index (κ3) is 5.80. The van der Waals surface area contributed by atoms with E-state index in [1.54, 1.807) is 19.1 Å². The summed E-state index contributed by atoms with van der Waals surface area (Å²) in [5, 5.41) is 44.0. The van der Waals surface area contributed by atoms with Crippen molar-refractivity contribution in [1.29, 1.82) is 0 Å². The number of nitro groups is 1. The highest BCUT2D eigenvalue weighted by molar-refractivity contribution is 9.10. The Kier molecular flexibility index (Phi) is 7.43. The van der Waals surface area contributed by atoms with Crippen LogP contribution in [0, 0.1) is 21.1 Å². The van der Waals surface area contributed by atoms with Gasteiger partial charge in [-0.25, -0.2) is 4.39 Å². The molecule has 1 aromatic carbocycles. The van der Waals surface area contributed by atoms with E-state index in [4.69, 9.17) is 4.74 Å². The monoisotopic (exact) mass is 558 g/mol. The first kappa shape index (κ1) is 25.9. The van der Waals surface area contributed by atoms with Crippen LogP contribution in [-0.2, 0) is 11.3 Å². The molecule has 3 unspecified atom stereocenters. The first-order chi connectivity index (χ1) is 16.5. The van der Waals surface area contributed by atoms with Crippen molar-refractivity contribution in [1.82, 2.24) is 19.1 Å². The predicted octanol–water partition coefficient (Wildman–Crippen LogP) is 1.42. The van der Waals surface area contributed by atoms with Gasteiger partial charge >= 0.3 is 5.82 Å². The number of hydrogen-bond acceptors (Lipinski definition) is 9. The van der Waals surface area contributed by atoms with Crippen molar-refractivity contribution in [2.75, 3.05) is 57.5 Å². The van der Waals surface area contributed by atoms with Crippen molar-refractivity contribution in [3.63, 3.8) is 0 Å². The molecule has 4 rings (SSSR count). The van der Waals surface area contributed by atoms with Gasteiger partial charge in [-0.15, -0.1) is 0 Å².